The maximum absolute atomic E-state index is 10.00. The molecule has 0 radical (unpaired) electrons. The lowest BCUT2D eigenvalue weighted by Gasteiger charge is -2.47. The van der Waals surface area contributed by atoms with E-state index in [-0.39, 0.29) is 13.2 Å². The van der Waals surface area contributed by atoms with Crippen molar-refractivity contribution in [2.75, 3.05) is 13.2 Å². The van der Waals surface area contributed by atoms with Crippen molar-refractivity contribution in [3.63, 3.8) is 0 Å². The predicted octanol–water partition coefficient (Wildman–Crippen LogP) is -1.80. The average Bonchev–Trinajstić information content (AvgIpc) is 2.39. The Kier molecular flexibility index (Phi) is 5.51. The highest BCUT2D eigenvalue weighted by atomic mass is 16.4. The molecule has 0 unspecified atom stereocenters. The van der Waals surface area contributed by atoms with Crippen molar-refractivity contribution in [2.45, 2.75) is 57.1 Å². The molecule has 1 saturated carbocycles. The molecule has 5 atom stereocenters. The van der Waals surface area contributed by atoms with Crippen molar-refractivity contribution >= 4 is 0 Å². The van der Waals surface area contributed by atoms with Gasteiger partial charge >= 0.3 is 0 Å². The van der Waals surface area contributed by atoms with Crippen LogP contribution in [0, 0.1) is 5.41 Å². The smallest absolute Gasteiger partial charge is 0.108 e. The van der Waals surface area contributed by atoms with Crippen LogP contribution in [0.4, 0.5) is 0 Å². The monoisotopic (exact) mass is 263 g/mol. The summed E-state index contributed by atoms with van der Waals surface area (Å²) in [5, 5.41) is 50.8. The average molecular weight is 263 g/mol. The Morgan fingerprint density at radius 3 is 2.17 bits per heavy atom. The maximum Gasteiger partial charge on any atom is 0.108 e. The van der Waals surface area contributed by atoms with E-state index in [9.17, 15) is 15.3 Å². The molecule has 1 fully saturated rings. The number of aliphatic hydroxyl groups excluding tert-OH is 5. The summed E-state index contributed by atoms with van der Waals surface area (Å²) < 4.78 is 0. The Balaban J connectivity index is 2.79. The molecule has 0 saturated heterocycles. The van der Waals surface area contributed by atoms with E-state index in [0.29, 0.717) is 12.8 Å². The molecular weight excluding hydrogens is 238 g/mol. The fourth-order valence-electron chi connectivity index (χ4n) is 2.56. The van der Waals surface area contributed by atoms with Gasteiger partial charge in [0.15, 0.2) is 0 Å². The highest BCUT2D eigenvalue weighted by Gasteiger charge is 2.48. The quantitative estimate of drug-likeness (QED) is 0.349. The van der Waals surface area contributed by atoms with E-state index in [0.717, 1.165) is 0 Å². The van der Waals surface area contributed by atoms with Crippen LogP contribution in [0.5, 0.6) is 0 Å². The molecule has 1 aliphatic rings. The lowest BCUT2D eigenvalue weighted by Crippen LogP contribution is -2.63. The third kappa shape index (κ3) is 3.01. The van der Waals surface area contributed by atoms with Gasteiger partial charge in [-0.3, -0.25) is 0 Å². The van der Waals surface area contributed by atoms with Crippen LogP contribution in [0.25, 0.3) is 0 Å². The summed E-state index contributed by atoms with van der Waals surface area (Å²) >= 11 is 0. The van der Waals surface area contributed by atoms with Crippen LogP contribution in [0.3, 0.4) is 0 Å². The lowest BCUT2D eigenvalue weighted by molar-refractivity contribution is -0.156. The topological polar surface area (TPSA) is 113 Å². The molecular formula is C12H25NO5. The van der Waals surface area contributed by atoms with Crippen molar-refractivity contribution < 1.29 is 25.5 Å². The normalized spacial score (nSPS) is 41.3. The first kappa shape index (κ1) is 15.8. The minimum atomic E-state index is -1.22. The predicted molar refractivity (Wildman–Crippen MR) is 65.9 cm³/mol. The highest BCUT2D eigenvalue weighted by molar-refractivity contribution is 5.02. The number of hydrogen-bond donors (Lipinski definition) is 6. The summed E-state index contributed by atoms with van der Waals surface area (Å²) in [6, 6.07) is -0.995. The van der Waals surface area contributed by atoms with Crippen molar-refractivity contribution in [3.05, 3.63) is 0 Å². The van der Waals surface area contributed by atoms with Crippen molar-refractivity contribution in [2.24, 2.45) is 5.41 Å². The van der Waals surface area contributed by atoms with Gasteiger partial charge in [-0.25, -0.2) is 0 Å². The number of rotatable bonds is 5. The van der Waals surface area contributed by atoms with Gasteiger partial charge in [0.25, 0.3) is 0 Å². The summed E-state index contributed by atoms with van der Waals surface area (Å²) in [4.78, 5) is 0. The second-order valence-electron chi connectivity index (χ2n) is 5.47. The molecule has 0 amide bonds. The van der Waals surface area contributed by atoms with Gasteiger partial charge in [-0.15, -0.1) is 0 Å². The third-order valence-corrected chi connectivity index (χ3v) is 4.18. The Hall–Kier alpha value is -0.240. The first-order chi connectivity index (χ1) is 8.39. The van der Waals surface area contributed by atoms with Gasteiger partial charge < -0.3 is 30.8 Å². The maximum atomic E-state index is 10.00. The van der Waals surface area contributed by atoms with Crippen LogP contribution in [0.1, 0.15) is 26.7 Å². The van der Waals surface area contributed by atoms with Crippen LogP contribution in [0.15, 0.2) is 0 Å². The van der Waals surface area contributed by atoms with E-state index in [1.165, 1.54) is 0 Å². The van der Waals surface area contributed by atoms with Crippen LogP contribution in [0.2, 0.25) is 0 Å². The largest absolute Gasteiger partial charge is 0.395 e. The molecule has 0 bridgehead atoms. The van der Waals surface area contributed by atoms with E-state index >= 15 is 0 Å². The number of aliphatic hydroxyl groups is 5. The summed E-state index contributed by atoms with van der Waals surface area (Å²) in [5.41, 5.74) is -0.494. The van der Waals surface area contributed by atoms with Crippen molar-refractivity contribution in [3.8, 4) is 0 Å². The van der Waals surface area contributed by atoms with Gasteiger partial charge in [-0.2, -0.15) is 0 Å². The zero-order valence-corrected chi connectivity index (χ0v) is 11.0. The fraction of sp³-hybridized carbons (Fsp3) is 1.00. The van der Waals surface area contributed by atoms with Gasteiger partial charge in [0.05, 0.1) is 31.5 Å². The van der Waals surface area contributed by atoms with Gasteiger partial charge in [0.2, 0.25) is 0 Å². The molecule has 0 aromatic carbocycles. The summed E-state index contributed by atoms with van der Waals surface area (Å²) in [5.74, 6) is 0. The Labute approximate surface area is 107 Å². The van der Waals surface area contributed by atoms with E-state index in [4.69, 9.17) is 10.2 Å². The first-order valence-electron chi connectivity index (χ1n) is 6.41. The molecule has 1 aliphatic carbocycles. The van der Waals surface area contributed by atoms with Crippen LogP contribution in [-0.4, -0.2) is 69.1 Å². The Morgan fingerprint density at radius 2 is 1.72 bits per heavy atom. The number of hydrogen-bond acceptors (Lipinski definition) is 6. The van der Waals surface area contributed by atoms with Gasteiger partial charge in [-0.05, 0) is 18.3 Å². The number of nitrogens with one attached hydrogen (secondary N) is 1. The standard InChI is InChI=1S/C12H25NO5/c1-3-12(2)4-8(13-7(5-14)6-15)9(16)10(17)11(12)18/h7-11,13-18H,3-6H2,1-2H3/t8-,9-,10+,11-,12-/m0/s1. The van der Waals surface area contributed by atoms with Crippen molar-refractivity contribution in [1.29, 1.82) is 0 Å². The summed E-state index contributed by atoms with van der Waals surface area (Å²) in [6.45, 7) is 3.27. The second-order valence-corrected chi connectivity index (χ2v) is 5.47. The molecule has 0 aromatic heterocycles. The van der Waals surface area contributed by atoms with Crippen molar-refractivity contribution in [1.82, 2.24) is 5.32 Å². The first-order valence-corrected chi connectivity index (χ1v) is 6.41. The van der Waals surface area contributed by atoms with Gasteiger partial charge in [0.1, 0.15) is 6.10 Å². The molecule has 0 heterocycles. The van der Waals surface area contributed by atoms with E-state index < -0.39 is 35.8 Å². The van der Waals surface area contributed by atoms with Crippen LogP contribution in [-0.2, 0) is 0 Å². The molecule has 108 valence electrons. The van der Waals surface area contributed by atoms with Crippen LogP contribution >= 0.6 is 0 Å². The van der Waals surface area contributed by atoms with Gasteiger partial charge in [0, 0.05) is 6.04 Å². The van der Waals surface area contributed by atoms with Gasteiger partial charge in [-0.1, -0.05) is 13.8 Å². The molecule has 6 nitrogen and oxygen atoms in total. The fourth-order valence-corrected chi connectivity index (χ4v) is 2.56. The van der Waals surface area contributed by atoms with E-state index in [1.807, 2.05) is 13.8 Å². The zero-order chi connectivity index (χ0) is 13.9. The Morgan fingerprint density at radius 1 is 1.17 bits per heavy atom. The molecule has 0 aliphatic heterocycles. The molecule has 0 aromatic rings. The lowest BCUT2D eigenvalue weighted by atomic mass is 9.67. The van der Waals surface area contributed by atoms with E-state index in [1.54, 1.807) is 0 Å². The molecule has 18 heavy (non-hydrogen) atoms. The molecule has 0 spiro atoms. The molecule has 1 rings (SSSR count). The third-order valence-electron chi connectivity index (χ3n) is 4.18. The SMILES string of the molecule is CC[C@@]1(C)C[C@H](NC(CO)CO)[C@H](O)[C@@H](O)[C@@H]1O. The second kappa shape index (κ2) is 6.27. The summed E-state index contributed by atoms with van der Waals surface area (Å²) in [6.07, 6.45) is -2.17. The zero-order valence-electron chi connectivity index (χ0n) is 11.0. The summed E-state index contributed by atoms with van der Waals surface area (Å²) in [7, 11) is 0. The van der Waals surface area contributed by atoms with E-state index in [2.05, 4.69) is 5.32 Å². The molecule has 6 N–H and O–H groups in total. The Bertz CT molecular complexity index is 261. The minimum absolute atomic E-state index is 0.249. The van der Waals surface area contributed by atoms with Crippen LogP contribution < -0.4 is 5.32 Å². The minimum Gasteiger partial charge on any atom is -0.395 e. The molecule has 6 heteroatoms. The highest BCUT2D eigenvalue weighted by Crippen LogP contribution is 2.39.